The molecule has 1 heterocycles. The Bertz CT molecular complexity index is 318. The number of alkyl halides is 4. The molecule has 0 bridgehead atoms. The van der Waals surface area contributed by atoms with E-state index in [9.17, 15) is 27.2 Å². The average Bonchev–Trinajstić information content (AvgIpc) is 2.11. The Labute approximate surface area is 93.4 Å². The molecule has 1 fully saturated rings. The Hall–Kier alpha value is -1.54. The van der Waals surface area contributed by atoms with Gasteiger partial charge in [0.1, 0.15) is 0 Å². The maximum absolute atomic E-state index is 12.4. The van der Waals surface area contributed by atoms with Crippen LogP contribution in [-0.4, -0.2) is 54.0 Å². The number of aliphatic carboxylic acids is 1. The van der Waals surface area contributed by atoms with E-state index >= 15 is 0 Å². The molecule has 2 amide bonds. The maximum atomic E-state index is 12.4. The summed E-state index contributed by atoms with van der Waals surface area (Å²) in [6.07, 6.45) is -3.86. The molecule has 1 aliphatic heterocycles. The zero-order valence-electron chi connectivity index (χ0n) is 8.50. The third-order valence-corrected chi connectivity index (χ3v) is 2.31. The highest BCUT2D eigenvalue weighted by Crippen LogP contribution is 2.22. The molecule has 1 rings (SSSR count). The van der Waals surface area contributed by atoms with Crippen molar-refractivity contribution in [1.29, 1.82) is 0 Å². The van der Waals surface area contributed by atoms with E-state index in [1.54, 1.807) is 5.32 Å². The number of hydrogen-bond acceptors (Lipinski definition) is 2. The number of carboxylic acid groups (broad SMARTS) is 1. The summed E-state index contributed by atoms with van der Waals surface area (Å²) in [4.78, 5) is 22.4. The minimum atomic E-state index is -4.28. The second kappa shape index (κ2) is 4.76. The Morgan fingerprint density at radius 3 is 2.35 bits per heavy atom. The molecule has 17 heavy (non-hydrogen) atoms. The van der Waals surface area contributed by atoms with Crippen LogP contribution >= 0.6 is 0 Å². The molecule has 1 aliphatic rings. The molecule has 0 aromatic rings. The monoisotopic (exact) mass is 258 g/mol. The number of hydrogen-bond donors (Lipinski definition) is 2. The molecule has 0 aromatic heterocycles. The van der Waals surface area contributed by atoms with Gasteiger partial charge < -0.3 is 15.3 Å². The number of carbonyl (C=O) groups excluding carboxylic acids is 1. The number of nitrogens with zero attached hydrogens (tertiary/aromatic N) is 1. The number of amides is 2. The molecule has 1 saturated heterocycles. The molecule has 9 heteroatoms. The normalized spacial score (nSPS) is 16.9. The van der Waals surface area contributed by atoms with Gasteiger partial charge in [-0.15, -0.1) is 0 Å². The number of carbonyl (C=O) groups is 2. The summed E-state index contributed by atoms with van der Waals surface area (Å²) in [5, 5.41) is 10.1. The minimum Gasteiger partial charge on any atom is -0.481 e. The van der Waals surface area contributed by atoms with Gasteiger partial charge in [-0.3, -0.25) is 4.79 Å². The summed E-state index contributed by atoms with van der Waals surface area (Å²) in [5.41, 5.74) is 0. The number of halogens is 4. The Morgan fingerprint density at radius 1 is 1.41 bits per heavy atom. The lowest BCUT2D eigenvalue weighted by Crippen LogP contribution is -2.57. The number of urea groups is 1. The first-order valence-electron chi connectivity index (χ1n) is 4.65. The maximum Gasteiger partial charge on any atom is 0.324 e. The third-order valence-electron chi connectivity index (χ3n) is 2.31. The fourth-order valence-electron chi connectivity index (χ4n) is 1.18. The minimum absolute atomic E-state index is 0.110. The molecular formula is C8H10F4N2O3. The predicted molar refractivity (Wildman–Crippen MR) is 47.0 cm³/mol. The largest absolute Gasteiger partial charge is 0.481 e. The van der Waals surface area contributed by atoms with Crippen LogP contribution in [0.5, 0.6) is 0 Å². The van der Waals surface area contributed by atoms with Crippen LogP contribution in [0.1, 0.15) is 0 Å². The van der Waals surface area contributed by atoms with Crippen LogP contribution in [-0.2, 0) is 4.79 Å². The fraction of sp³-hybridized carbons (Fsp3) is 0.750. The number of nitrogens with one attached hydrogen (secondary N) is 1. The van der Waals surface area contributed by atoms with Crippen molar-refractivity contribution < 1.29 is 32.3 Å². The van der Waals surface area contributed by atoms with Gasteiger partial charge in [0.05, 0.1) is 12.5 Å². The third kappa shape index (κ3) is 3.21. The lowest BCUT2D eigenvalue weighted by Gasteiger charge is -2.36. The summed E-state index contributed by atoms with van der Waals surface area (Å²) in [5.74, 6) is -6.10. The molecule has 0 atom stereocenters. The first-order valence-corrected chi connectivity index (χ1v) is 4.65. The number of likely N-dealkylation sites (tertiary alicyclic amines) is 1. The summed E-state index contributed by atoms with van der Waals surface area (Å²) in [6, 6.07) is -0.970. The Morgan fingerprint density at radius 2 is 1.94 bits per heavy atom. The zero-order valence-corrected chi connectivity index (χ0v) is 8.50. The van der Waals surface area contributed by atoms with Crippen molar-refractivity contribution in [2.45, 2.75) is 12.3 Å². The van der Waals surface area contributed by atoms with Crippen LogP contribution in [0.3, 0.4) is 0 Å². The second-order valence-corrected chi connectivity index (χ2v) is 3.66. The van der Waals surface area contributed by atoms with E-state index in [1.165, 1.54) is 0 Å². The zero-order chi connectivity index (χ0) is 13.2. The molecular weight excluding hydrogens is 248 g/mol. The average molecular weight is 258 g/mol. The van der Waals surface area contributed by atoms with Crippen LogP contribution in [0, 0.1) is 5.92 Å². The fourth-order valence-corrected chi connectivity index (χ4v) is 1.18. The van der Waals surface area contributed by atoms with E-state index in [-0.39, 0.29) is 13.1 Å². The lowest BCUT2D eigenvalue weighted by molar-refractivity contribution is -0.146. The molecule has 0 spiro atoms. The van der Waals surface area contributed by atoms with Crippen molar-refractivity contribution in [2.75, 3.05) is 19.6 Å². The highest BCUT2D eigenvalue weighted by Gasteiger charge is 2.42. The second-order valence-electron chi connectivity index (χ2n) is 3.66. The summed E-state index contributed by atoms with van der Waals surface area (Å²) in [6.45, 7) is -1.69. The smallest absolute Gasteiger partial charge is 0.324 e. The Kier molecular flexibility index (Phi) is 3.79. The molecule has 0 aromatic carbocycles. The first-order chi connectivity index (χ1) is 7.74. The predicted octanol–water partition coefficient (Wildman–Crippen LogP) is 0.613. The van der Waals surface area contributed by atoms with Crippen LogP contribution < -0.4 is 5.32 Å². The first kappa shape index (κ1) is 13.5. The summed E-state index contributed by atoms with van der Waals surface area (Å²) in [7, 11) is 0. The summed E-state index contributed by atoms with van der Waals surface area (Å²) >= 11 is 0. The molecule has 98 valence electrons. The van der Waals surface area contributed by atoms with Gasteiger partial charge in [0.2, 0.25) is 0 Å². The van der Waals surface area contributed by atoms with Gasteiger partial charge in [-0.05, 0) is 0 Å². The quantitative estimate of drug-likeness (QED) is 0.726. The van der Waals surface area contributed by atoms with Gasteiger partial charge in [0.15, 0.2) is 0 Å². The highest BCUT2D eigenvalue weighted by molar-refractivity contribution is 5.79. The van der Waals surface area contributed by atoms with Gasteiger partial charge in [0.25, 0.3) is 0 Å². The Balaban J connectivity index is 2.31. The van der Waals surface area contributed by atoms with Crippen molar-refractivity contribution in [3.63, 3.8) is 0 Å². The van der Waals surface area contributed by atoms with E-state index in [2.05, 4.69) is 0 Å². The standard InChI is InChI=1S/C8H10F4N2O3/c9-6(10)8(11,12)3-13-7(17)14-1-4(2-14)5(15)16/h4,6H,1-3H2,(H,13,17)(H,15,16). The topological polar surface area (TPSA) is 69.6 Å². The van der Waals surface area contributed by atoms with Crippen LogP contribution in [0.2, 0.25) is 0 Å². The molecule has 0 unspecified atom stereocenters. The molecule has 0 saturated carbocycles. The SMILES string of the molecule is O=C(O)C1CN(C(=O)NCC(F)(F)C(F)F)C1. The van der Waals surface area contributed by atoms with Crippen LogP contribution in [0.4, 0.5) is 22.4 Å². The van der Waals surface area contributed by atoms with Gasteiger partial charge in [-0.2, -0.15) is 8.78 Å². The summed E-state index contributed by atoms with van der Waals surface area (Å²) < 4.78 is 48.3. The highest BCUT2D eigenvalue weighted by atomic mass is 19.3. The number of rotatable bonds is 4. The molecule has 2 N–H and O–H groups in total. The van der Waals surface area contributed by atoms with Crippen molar-refractivity contribution in [3.8, 4) is 0 Å². The number of carboxylic acids is 1. The van der Waals surface area contributed by atoms with Crippen molar-refractivity contribution in [2.24, 2.45) is 5.92 Å². The molecule has 0 aliphatic carbocycles. The van der Waals surface area contributed by atoms with Crippen LogP contribution in [0.15, 0.2) is 0 Å². The van der Waals surface area contributed by atoms with Gasteiger partial charge in [0, 0.05) is 13.1 Å². The van der Waals surface area contributed by atoms with Crippen molar-refractivity contribution in [3.05, 3.63) is 0 Å². The van der Waals surface area contributed by atoms with E-state index in [1.807, 2.05) is 0 Å². The van der Waals surface area contributed by atoms with Crippen molar-refractivity contribution in [1.82, 2.24) is 10.2 Å². The lowest BCUT2D eigenvalue weighted by atomic mass is 10.0. The van der Waals surface area contributed by atoms with Gasteiger partial charge in [-0.1, -0.05) is 0 Å². The van der Waals surface area contributed by atoms with E-state index < -0.39 is 36.8 Å². The van der Waals surface area contributed by atoms with Crippen LogP contribution in [0.25, 0.3) is 0 Å². The van der Waals surface area contributed by atoms with E-state index in [0.717, 1.165) is 4.90 Å². The van der Waals surface area contributed by atoms with E-state index in [4.69, 9.17) is 5.11 Å². The van der Waals surface area contributed by atoms with Gasteiger partial charge in [-0.25, -0.2) is 13.6 Å². The van der Waals surface area contributed by atoms with E-state index in [0.29, 0.717) is 0 Å². The molecule has 5 nitrogen and oxygen atoms in total. The van der Waals surface area contributed by atoms with Crippen molar-refractivity contribution >= 4 is 12.0 Å². The molecule has 0 radical (unpaired) electrons. The van der Waals surface area contributed by atoms with Gasteiger partial charge >= 0.3 is 24.3 Å².